The van der Waals surface area contributed by atoms with E-state index in [1.54, 1.807) is 0 Å². The van der Waals surface area contributed by atoms with Crippen molar-refractivity contribution in [1.29, 1.82) is 10.5 Å². The fraction of sp³-hybridized carbons (Fsp3) is 0.138. The third kappa shape index (κ3) is 4.91. The number of benzene rings is 3. The molecule has 0 amide bonds. The van der Waals surface area contributed by atoms with Gasteiger partial charge in [0.25, 0.3) is 0 Å². The summed E-state index contributed by atoms with van der Waals surface area (Å²) in [6.45, 7) is 6.26. The van der Waals surface area contributed by atoms with Crippen molar-refractivity contribution in [3.8, 4) is 12.1 Å². The monoisotopic (exact) mass is 460 g/mol. The van der Waals surface area contributed by atoms with Crippen LogP contribution in [0.3, 0.4) is 0 Å². The van der Waals surface area contributed by atoms with Gasteiger partial charge in [0.05, 0.1) is 10.2 Å². The first-order chi connectivity index (χ1) is 16.4. The van der Waals surface area contributed by atoms with Crippen molar-refractivity contribution < 1.29 is 0 Å². The summed E-state index contributed by atoms with van der Waals surface area (Å²) < 4.78 is 1.43. The Morgan fingerprint density at radius 3 is 1.76 bits per heavy atom. The number of nitriles is 2. The highest BCUT2D eigenvalue weighted by molar-refractivity contribution is 7.07. The number of hydrogen-bond donors (Lipinski definition) is 0. The van der Waals surface area contributed by atoms with Gasteiger partial charge in [-0.2, -0.15) is 10.5 Å². The molecule has 0 aliphatic heterocycles. The Bertz CT molecular complexity index is 1430. The molecule has 5 heteroatoms. The van der Waals surface area contributed by atoms with Crippen LogP contribution in [-0.2, 0) is 5.41 Å². The minimum atomic E-state index is -0.214. The number of thiazole rings is 1. The van der Waals surface area contributed by atoms with Crippen LogP contribution in [0.15, 0.2) is 84.9 Å². The van der Waals surface area contributed by atoms with Crippen molar-refractivity contribution in [3.05, 3.63) is 105 Å². The summed E-state index contributed by atoms with van der Waals surface area (Å²) in [5, 5.41) is 18.6. The van der Waals surface area contributed by atoms with Crippen molar-refractivity contribution in [1.82, 2.24) is 4.98 Å². The molecule has 0 spiro atoms. The van der Waals surface area contributed by atoms with E-state index in [9.17, 15) is 10.5 Å². The molecular weight excluding hydrogens is 436 g/mol. The summed E-state index contributed by atoms with van der Waals surface area (Å²) in [6, 6.07) is 32.9. The van der Waals surface area contributed by atoms with Gasteiger partial charge in [0, 0.05) is 22.5 Å². The van der Waals surface area contributed by atoms with Gasteiger partial charge in [0.2, 0.25) is 0 Å². The molecule has 166 valence electrons. The average molecular weight is 461 g/mol. The first-order valence-corrected chi connectivity index (χ1v) is 11.8. The summed E-state index contributed by atoms with van der Waals surface area (Å²) in [7, 11) is 0. The second kappa shape index (κ2) is 9.75. The molecule has 0 N–H and O–H groups in total. The largest absolute Gasteiger partial charge is 0.311 e. The van der Waals surface area contributed by atoms with Crippen LogP contribution in [0.5, 0.6) is 0 Å². The van der Waals surface area contributed by atoms with Crippen molar-refractivity contribution >= 4 is 40.0 Å². The van der Waals surface area contributed by atoms with Crippen molar-refractivity contribution in [2.75, 3.05) is 4.90 Å². The predicted octanol–water partition coefficient (Wildman–Crippen LogP) is 5.94. The Balaban J connectivity index is 1.80. The zero-order valence-corrected chi connectivity index (χ0v) is 20.2. The number of anilines is 3. The molecule has 4 rings (SSSR count). The lowest BCUT2D eigenvalue weighted by atomic mass is 9.92. The van der Waals surface area contributed by atoms with E-state index < -0.39 is 0 Å². The van der Waals surface area contributed by atoms with Gasteiger partial charge in [0.15, 0.2) is 5.57 Å². The van der Waals surface area contributed by atoms with Gasteiger partial charge >= 0.3 is 0 Å². The predicted molar refractivity (Wildman–Crippen MR) is 139 cm³/mol. The summed E-state index contributed by atoms with van der Waals surface area (Å²) in [4.78, 5) is 6.86. The maximum Gasteiger partial charge on any atom is 0.165 e. The van der Waals surface area contributed by atoms with E-state index in [0.717, 1.165) is 32.9 Å². The lowest BCUT2D eigenvalue weighted by Gasteiger charge is -2.25. The molecule has 3 aromatic carbocycles. The molecule has 0 fully saturated rings. The molecule has 0 atom stereocenters. The first kappa shape index (κ1) is 23.0. The highest BCUT2D eigenvalue weighted by Crippen LogP contribution is 2.34. The topological polar surface area (TPSA) is 63.7 Å². The fourth-order valence-electron chi connectivity index (χ4n) is 3.67. The molecule has 0 aliphatic rings. The van der Waals surface area contributed by atoms with Crippen molar-refractivity contribution in [2.45, 2.75) is 26.2 Å². The van der Waals surface area contributed by atoms with Gasteiger partial charge in [-0.05, 0) is 48.0 Å². The Morgan fingerprint density at radius 2 is 1.29 bits per heavy atom. The molecule has 4 nitrogen and oxygen atoms in total. The van der Waals surface area contributed by atoms with E-state index in [2.05, 4.69) is 85.3 Å². The summed E-state index contributed by atoms with van der Waals surface area (Å²) >= 11 is 1.38. The molecule has 0 aliphatic carbocycles. The average Bonchev–Trinajstić information content (AvgIpc) is 3.27. The summed E-state index contributed by atoms with van der Waals surface area (Å²) in [5.41, 5.74) is 4.98. The second-order valence-corrected chi connectivity index (χ2v) is 9.85. The molecule has 1 aromatic heterocycles. The van der Waals surface area contributed by atoms with Crippen LogP contribution in [0.1, 0.15) is 32.0 Å². The zero-order chi connectivity index (χ0) is 24.1. The molecule has 0 saturated carbocycles. The number of nitrogens with zero attached hydrogens (tertiary/aromatic N) is 4. The number of rotatable bonds is 4. The van der Waals surface area contributed by atoms with Gasteiger partial charge in [-0.1, -0.05) is 69.3 Å². The minimum absolute atomic E-state index is 0.0480. The van der Waals surface area contributed by atoms with Crippen LogP contribution in [0.25, 0.3) is 11.6 Å². The Morgan fingerprint density at radius 1 is 0.794 bits per heavy atom. The number of hydrogen-bond acceptors (Lipinski definition) is 5. The SMILES string of the molecule is CC(C)(C)c1nc(=C(C#N)C#N)s/c1=C\c1ccc(N(c2ccccc2)c2ccccc2)cc1. The van der Waals surface area contributed by atoms with E-state index in [1.165, 1.54) is 11.3 Å². The molecule has 1 heterocycles. The quantitative estimate of drug-likeness (QED) is 0.378. The van der Waals surface area contributed by atoms with Crippen molar-refractivity contribution in [2.24, 2.45) is 0 Å². The molecule has 34 heavy (non-hydrogen) atoms. The van der Waals surface area contributed by atoms with E-state index in [-0.39, 0.29) is 11.0 Å². The zero-order valence-electron chi connectivity index (χ0n) is 19.4. The summed E-state index contributed by atoms with van der Waals surface area (Å²) in [5.74, 6) is 0. The van der Waals surface area contributed by atoms with Gasteiger partial charge in [-0.25, -0.2) is 4.98 Å². The normalized spacial score (nSPS) is 11.5. The van der Waals surface area contributed by atoms with Crippen LogP contribution in [0.2, 0.25) is 0 Å². The molecule has 0 bridgehead atoms. The molecule has 0 unspecified atom stereocenters. The minimum Gasteiger partial charge on any atom is -0.311 e. The van der Waals surface area contributed by atoms with E-state index in [1.807, 2.05) is 48.5 Å². The maximum atomic E-state index is 9.28. The number of para-hydroxylation sites is 2. The number of aromatic nitrogens is 1. The lowest BCUT2D eigenvalue weighted by molar-refractivity contribution is 0.568. The van der Waals surface area contributed by atoms with Crippen LogP contribution in [-0.4, -0.2) is 4.98 Å². The lowest BCUT2D eigenvalue weighted by Crippen LogP contribution is -2.21. The van der Waals surface area contributed by atoms with E-state index >= 15 is 0 Å². The Kier molecular flexibility index (Phi) is 6.59. The van der Waals surface area contributed by atoms with E-state index in [0.29, 0.717) is 4.66 Å². The molecular formula is C29H24N4S. The standard InChI is InChI=1S/C29H24N4S/c1-29(2,3)27-26(34-28(32-27)22(19-30)20-31)18-21-14-16-25(17-15-21)33(23-10-6-4-7-11-23)24-12-8-5-9-13-24/h4-18H,1-3H3/b26-18-. The van der Waals surface area contributed by atoms with Crippen LogP contribution in [0, 0.1) is 22.7 Å². The van der Waals surface area contributed by atoms with Crippen LogP contribution >= 0.6 is 11.3 Å². The first-order valence-electron chi connectivity index (χ1n) is 10.9. The fourth-order valence-corrected chi connectivity index (χ4v) is 4.85. The maximum absolute atomic E-state index is 9.28. The van der Waals surface area contributed by atoms with Gasteiger partial charge in [-0.15, -0.1) is 11.3 Å². The molecule has 0 radical (unpaired) electrons. The highest BCUT2D eigenvalue weighted by Gasteiger charge is 2.20. The van der Waals surface area contributed by atoms with Crippen LogP contribution < -0.4 is 14.1 Å². The van der Waals surface area contributed by atoms with E-state index in [4.69, 9.17) is 0 Å². The third-order valence-corrected chi connectivity index (χ3v) is 6.30. The van der Waals surface area contributed by atoms with Gasteiger partial charge in [0.1, 0.15) is 16.8 Å². The summed E-state index contributed by atoms with van der Waals surface area (Å²) in [6.07, 6.45) is 2.08. The Labute approximate surface area is 204 Å². The van der Waals surface area contributed by atoms with Gasteiger partial charge in [-0.3, -0.25) is 0 Å². The molecule has 4 aromatic rings. The second-order valence-electron chi connectivity index (χ2n) is 8.82. The van der Waals surface area contributed by atoms with Gasteiger partial charge < -0.3 is 4.90 Å². The smallest absolute Gasteiger partial charge is 0.165 e. The highest BCUT2D eigenvalue weighted by atomic mass is 32.1. The van der Waals surface area contributed by atoms with Crippen molar-refractivity contribution in [3.63, 3.8) is 0 Å². The molecule has 0 saturated heterocycles. The Hall–Kier alpha value is -4.19. The third-order valence-electron chi connectivity index (χ3n) is 5.28. The van der Waals surface area contributed by atoms with Crippen LogP contribution in [0.4, 0.5) is 17.1 Å².